The normalized spacial score (nSPS) is 10.7. The number of fused-ring (bicyclic) bond motifs is 1. The van der Waals surface area contributed by atoms with E-state index in [1.54, 1.807) is 0 Å². The predicted octanol–water partition coefficient (Wildman–Crippen LogP) is 4.52. The predicted molar refractivity (Wildman–Crippen MR) is 80.3 cm³/mol. The van der Waals surface area contributed by atoms with Crippen LogP contribution in [0, 0.1) is 0 Å². The average Bonchev–Trinajstić information content (AvgIpc) is 2.44. The highest BCUT2D eigenvalue weighted by Crippen LogP contribution is 2.24. The number of aromatic nitrogens is 2. The molecule has 0 aliphatic heterocycles. The second-order valence-corrected chi connectivity index (χ2v) is 5.01. The molecule has 3 aromatic rings. The summed E-state index contributed by atoms with van der Waals surface area (Å²) in [6, 6.07) is 15.1. The lowest BCUT2D eigenvalue weighted by atomic mass is 10.2. The van der Waals surface area contributed by atoms with Gasteiger partial charge in [-0.15, -0.1) is 0 Å². The molecule has 0 saturated heterocycles. The van der Waals surface area contributed by atoms with Crippen molar-refractivity contribution in [2.75, 3.05) is 0 Å². The Morgan fingerprint density at radius 3 is 2.65 bits per heavy atom. The highest BCUT2D eigenvalue weighted by Gasteiger charge is 2.07. The van der Waals surface area contributed by atoms with Crippen molar-refractivity contribution in [3.63, 3.8) is 0 Å². The fourth-order valence-corrected chi connectivity index (χ4v) is 2.29. The van der Waals surface area contributed by atoms with E-state index in [0.29, 0.717) is 17.5 Å². The zero-order valence-electron chi connectivity index (χ0n) is 10.4. The molecule has 0 bridgehead atoms. The third-order valence-electron chi connectivity index (χ3n) is 2.81. The van der Waals surface area contributed by atoms with E-state index in [9.17, 15) is 0 Å². The molecule has 0 amide bonds. The molecule has 0 saturated carbocycles. The Kier molecular flexibility index (Phi) is 3.72. The number of nitrogens with zero attached hydrogens (tertiary/aromatic N) is 2. The Labute approximate surface area is 126 Å². The number of halogens is 2. The fourth-order valence-electron chi connectivity index (χ4n) is 1.91. The molecule has 3 rings (SSSR count). The molecule has 1 aromatic heterocycles. The van der Waals surface area contributed by atoms with Gasteiger partial charge in [-0.1, -0.05) is 35.9 Å². The molecular formula is C15H10Cl2N2O. The summed E-state index contributed by atoms with van der Waals surface area (Å²) < 4.78 is 5.75. The lowest BCUT2D eigenvalue weighted by molar-refractivity contribution is 0.297. The van der Waals surface area contributed by atoms with Crippen molar-refractivity contribution in [2.45, 2.75) is 6.61 Å². The third-order valence-corrected chi connectivity index (χ3v) is 3.21. The van der Waals surface area contributed by atoms with Crippen LogP contribution >= 0.6 is 23.2 Å². The number of benzene rings is 2. The number of ether oxygens (including phenoxy) is 1. The molecule has 0 atom stereocenters. The summed E-state index contributed by atoms with van der Waals surface area (Å²) >= 11 is 11.9. The Hall–Kier alpha value is -1.84. The number of hydrogen-bond donors (Lipinski definition) is 0. The lowest BCUT2D eigenvalue weighted by Gasteiger charge is -2.08. The molecule has 0 aliphatic carbocycles. The van der Waals surface area contributed by atoms with Crippen LogP contribution in [-0.2, 0) is 6.61 Å². The van der Waals surface area contributed by atoms with E-state index in [0.717, 1.165) is 16.5 Å². The van der Waals surface area contributed by atoms with Gasteiger partial charge < -0.3 is 4.74 Å². The second-order valence-electron chi connectivity index (χ2n) is 4.23. The van der Waals surface area contributed by atoms with Crippen LogP contribution in [0.5, 0.6) is 5.88 Å². The molecule has 0 unspecified atom stereocenters. The van der Waals surface area contributed by atoms with E-state index in [2.05, 4.69) is 9.97 Å². The van der Waals surface area contributed by atoms with Gasteiger partial charge in [-0.2, -0.15) is 4.98 Å². The Morgan fingerprint density at radius 2 is 1.80 bits per heavy atom. The first-order chi connectivity index (χ1) is 9.72. The highest BCUT2D eigenvalue weighted by atomic mass is 35.5. The van der Waals surface area contributed by atoms with Crippen LogP contribution in [0.4, 0.5) is 0 Å². The van der Waals surface area contributed by atoms with Gasteiger partial charge in [0, 0.05) is 5.02 Å². The quantitative estimate of drug-likeness (QED) is 0.668. The fraction of sp³-hybridized carbons (Fsp3) is 0.0667. The van der Waals surface area contributed by atoms with Crippen molar-refractivity contribution < 1.29 is 4.74 Å². The molecule has 20 heavy (non-hydrogen) atoms. The molecule has 2 aromatic carbocycles. The summed E-state index contributed by atoms with van der Waals surface area (Å²) in [4.78, 5) is 8.30. The van der Waals surface area contributed by atoms with Crippen LogP contribution in [0.2, 0.25) is 10.3 Å². The summed E-state index contributed by atoms with van der Waals surface area (Å²) in [6.07, 6.45) is 0. The maximum atomic E-state index is 5.94. The maximum absolute atomic E-state index is 5.94. The van der Waals surface area contributed by atoms with Gasteiger partial charge in [-0.25, -0.2) is 4.98 Å². The monoisotopic (exact) mass is 304 g/mol. The van der Waals surface area contributed by atoms with E-state index < -0.39 is 0 Å². The van der Waals surface area contributed by atoms with Crippen molar-refractivity contribution in [3.8, 4) is 5.88 Å². The Balaban J connectivity index is 1.91. The smallest absolute Gasteiger partial charge is 0.226 e. The van der Waals surface area contributed by atoms with E-state index >= 15 is 0 Å². The summed E-state index contributed by atoms with van der Waals surface area (Å²) in [5.74, 6) is 0.473. The summed E-state index contributed by atoms with van der Waals surface area (Å²) in [7, 11) is 0. The zero-order valence-corrected chi connectivity index (χ0v) is 11.9. The molecule has 100 valence electrons. The highest BCUT2D eigenvalue weighted by molar-refractivity contribution is 6.30. The molecule has 1 heterocycles. The first kappa shape index (κ1) is 13.2. The molecular weight excluding hydrogens is 295 g/mol. The summed E-state index contributed by atoms with van der Waals surface area (Å²) in [6.45, 7) is 0.373. The molecule has 0 aliphatic rings. The average molecular weight is 305 g/mol. The third kappa shape index (κ3) is 2.84. The van der Waals surface area contributed by atoms with Crippen molar-refractivity contribution in [1.29, 1.82) is 0 Å². The van der Waals surface area contributed by atoms with E-state index in [4.69, 9.17) is 27.9 Å². The SMILES string of the molecule is Clc1cccc(COc2nc(Cl)nc3ccccc23)c1. The minimum absolute atomic E-state index is 0.171. The van der Waals surface area contributed by atoms with Crippen LogP contribution < -0.4 is 4.74 Å². The summed E-state index contributed by atoms with van der Waals surface area (Å²) in [5, 5.41) is 1.68. The zero-order chi connectivity index (χ0) is 13.9. The van der Waals surface area contributed by atoms with Gasteiger partial charge in [0.15, 0.2) is 0 Å². The van der Waals surface area contributed by atoms with E-state index in [1.807, 2.05) is 48.5 Å². The van der Waals surface area contributed by atoms with E-state index in [-0.39, 0.29) is 5.28 Å². The van der Waals surface area contributed by atoms with Gasteiger partial charge in [0.25, 0.3) is 0 Å². The van der Waals surface area contributed by atoms with Crippen molar-refractivity contribution in [2.24, 2.45) is 0 Å². The number of rotatable bonds is 3. The van der Waals surface area contributed by atoms with Crippen LogP contribution in [0.15, 0.2) is 48.5 Å². The maximum Gasteiger partial charge on any atom is 0.226 e. The van der Waals surface area contributed by atoms with Crippen LogP contribution in [-0.4, -0.2) is 9.97 Å². The van der Waals surface area contributed by atoms with Crippen molar-refractivity contribution >= 4 is 34.1 Å². The van der Waals surface area contributed by atoms with Crippen LogP contribution in [0.25, 0.3) is 10.9 Å². The number of para-hydroxylation sites is 1. The minimum atomic E-state index is 0.171. The molecule has 0 radical (unpaired) electrons. The van der Waals surface area contributed by atoms with Crippen molar-refractivity contribution in [3.05, 3.63) is 64.4 Å². The van der Waals surface area contributed by atoms with Crippen LogP contribution in [0.1, 0.15) is 5.56 Å². The summed E-state index contributed by atoms with van der Waals surface area (Å²) in [5.41, 5.74) is 1.73. The van der Waals surface area contributed by atoms with Gasteiger partial charge in [0.1, 0.15) is 6.61 Å². The Bertz CT molecular complexity index is 762. The van der Waals surface area contributed by atoms with Gasteiger partial charge in [-0.3, -0.25) is 0 Å². The topological polar surface area (TPSA) is 35.0 Å². The second kappa shape index (κ2) is 5.65. The first-order valence-corrected chi connectivity index (χ1v) is 6.77. The molecule has 0 fully saturated rings. The minimum Gasteiger partial charge on any atom is -0.472 e. The molecule has 3 nitrogen and oxygen atoms in total. The largest absolute Gasteiger partial charge is 0.472 e. The first-order valence-electron chi connectivity index (χ1n) is 6.02. The standard InChI is InChI=1S/C15H10Cl2N2O/c16-11-5-3-4-10(8-11)9-20-14-12-6-1-2-7-13(12)18-15(17)19-14/h1-8H,9H2. The van der Waals surface area contributed by atoms with Gasteiger partial charge in [-0.05, 0) is 41.4 Å². The number of hydrogen-bond acceptors (Lipinski definition) is 3. The molecule has 0 N–H and O–H groups in total. The molecule has 0 spiro atoms. The van der Waals surface area contributed by atoms with Gasteiger partial charge in [0.05, 0.1) is 10.9 Å². The van der Waals surface area contributed by atoms with Gasteiger partial charge >= 0.3 is 0 Å². The van der Waals surface area contributed by atoms with Crippen molar-refractivity contribution in [1.82, 2.24) is 9.97 Å². The lowest BCUT2D eigenvalue weighted by Crippen LogP contribution is -1.99. The molecule has 5 heteroatoms. The van der Waals surface area contributed by atoms with E-state index in [1.165, 1.54) is 0 Å². The van der Waals surface area contributed by atoms with Crippen LogP contribution in [0.3, 0.4) is 0 Å². The van der Waals surface area contributed by atoms with Gasteiger partial charge in [0.2, 0.25) is 11.2 Å². The Morgan fingerprint density at radius 1 is 0.950 bits per heavy atom.